The lowest BCUT2D eigenvalue weighted by Crippen LogP contribution is -2.37. The van der Waals surface area contributed by atoms with E-state index in [2.05, 4.69) is 30.1 Å². The Morgan fingerprint density at radius 1 is 1.24 bits per heavy atom. The standard InChI is InChI=1S/C14H19N3/c1-11-8-16-9-12(2)17(10-11)14-5-3-13(7-15)4-6-14/h3-6,11-12,16H,8-10H2,1-2H3. The van der Waals surface area contributed by atoms with Gasteiger partial charge in [-0.25, -0.2) is 0 Å². The van der Waals surface area contributed by atoms with E-state index in [0.29, 0.717) is 12.0 Å². The predicted octanol–water partition coefficient (Wildman–Crippen LogP) is 1.99. The van der Waals surface area contributed by atoms with E-state index >= 15 is 0 Å². The molecule has 0 amide bonds. The molecule has 90 valence electrons. The van der Waals surface area contributed by atoms with Crippen molar-refractivity contribution >= 4 is 5.69 Å². The van der Waals surface area contributed by atoms with Crippen LogP contribution in [0.4, 0.5) is 5.69 Å². The van der Waals surface area contributed by atoms with Gasteiger partial charge in [-0.1, -0.05) is 6.92 Å². The Labute approximate surface area is 103 Å². The van der Waals surface area contributed by atoms with E-state index in [9.17, 15) is 0 Å². The quantitative estimate of drug-likeness (QED) is 0.800. The molecular weight excluding hydrogens is 210 g/mol. The van der Waals surface area contributed by atoms with Gasteiger partial charge in [0, 0.05) is 24.8 Å². The van der Waals surface area contributed by atoms with Crippen LogP contribution in [0.1, 0.15) is 19.4 Å². The zero-order valence-electron chi connectivity index (χ0n) is 10.5. The fraction of sp³-hybridized carbons (Fsp3) is 0.500. The Morgan fingerprint density at radius 3 is 2.59 bits per heavy atom. The number of hydrogen-bond donors (Lipinski definition) is 1. The van der Waals surface area contributed by atoms with Crippen molar-refractivity contribution < 1.29 is 0 Å². The molecule has 1 aromatic rings. The van der Waals surface area contributed by atoms with Crippen LogP contribution in [0.2, 0.25) is 0 Å². The zero-order valence-corrected chi connectivity index (χ0v) is 10.5. The van der Waals surface area contributed by atoms with Crippen LogP contribution in [0.15, 0.2) is 24.3 Å². The van der Waals surface area contributed by atoms with Crippen LogP contribution in [0.5, 0.6) is 0 Å². The highest BCUT2D eigenvalue weighted by Crippen LogP contribution is 2.20. The van der Waals surface area contributed by atoms with Crippen molar-refractivity contribution in [1.29, 1.82) is 5.26 Å². The Kier molecular flexibility index (Phi) is 3.65. The van der Waals surface area contributed by atoms with E-state index in [-0.39, 0.29) is 0 Å². The molecule has 3 nitrogen and oxygen atoms in total. The Bertz CT molecular complexity index is 404. The van der Waals surface area contributed by atoms with E-state index in [1.54, 1.807) is 0 Å². The highest BCUT2D eigenvalue weighted by atomic mass is 15.2. The molecular formula is C14H19N3. The molecule has 1 saturated heterocycles. The summed E-state index contributed by atoms with van der Waals surface area (Å²) in [7, 11) is 0. The van der Waals surface area contributed by atoms with Gasteiger partial charge in [0.1, 0.15) is 0 Å². The van der Waals surface area contributed by atoms with Crippen molar-refractivity contribution in [3.63, 3.8) is 0 Å². The SMILES string of the molecule is CC1CNCC(C)N(c2ccc(C#N)cc2)C1. The summed E-state index contributed by atoms with van der Waals surface area (Å²) in [6.07, 6.45) is 0. The van der Waals surface area contributed by atoms with Gasteiger partial charge in [-0.2, -0.15) is 5.26 Å². The lowest BCUT2D eigenvalue weighted by molar-refractivity contribution is 0.564. The van der Waals surface area contributed by atoms with Crippen molar-refractivity contribution in [3.8, 4) is 6.07 Å². The third-order valence-electron chi connectivity index (χ3n) is 3.30. The van der Waals surface area contributed by atoms with E-state index in [1.165, 1.54) is 5.69 Å². The molecule has 1 heterocycles. The van der Waals surface area contributed by atoms with E-state index in [4.69, 9.17) is 5.26 Å². The molecule has 1 aliphatic heterocycles. The van der Waals surface area contributed by atoms with Crippen LogP contribution in [0.3, 0.4) is 0 Å². The maximum atomic E-state index is 8.80. The topological polar surface area (TPSA) is 39.1 Å². The first kappa shape index (κ1) is 11.9. The first-order valence-corrected chi connectivity index (χ1v) is 6.18. The maximum absolute atomic E-state index is 8.80. The van der Waals surface area contributed by atoms with Gasteiger partial charge >= 0.3 is 0 Å². The van der Waals surface area contributed by atoms with E-state index in [0.717, 1.165) is 25.2 Å². The van der Waals surface area contributed by atoms with Crippen molar-refractivity contribution in [3.05, 3.63) is 29.8 Å². The molecule has 2 unspecified atom stereocenters. The molecule has 1 N–H and O–H groups in total. The van der Waals surface area contributed by atoms with Gasteiger partial charge < -0.3 is 10.2 Å². The summed E-state index contributed by atoms with van der Waals surface area (Å²) >= 11 is 0. The fourth-order valence-corrected chi connectivity index (χ4v) is 2.32. The second-order valence-corrected chi connectivity index (χ2v) is 4.92. The minimum atomic E-state index is 0.493. The number of nitrogens with zero attached hydrogens (tertiary/aromatic N) is 2. The molecule has 1 aliphatic rings. The molecule has 0 aromatic heterocycles. The van der Waals surface area contributed by atoms with Gasteiger partial charge in [-0.15, -0.1) is 0 Å². The number of hydrogen-bond acceptors (Lipinski definition) is 3. The van der Waals surface area contributed by atoms with Crippen LogP contribution < -0.4 is 10.2 Å². The number of benzene rings is 1. The molecule has 0 radical (unpaired) electrons. The third-order valence-corrected chi connectivity index (χ3v) is 3.30. The monoisotopic (exact) mass is 229 g/mol. The van der Waals surface area contributed by atoms with Crippen LogP contribution >= 0.6 is 0 Å². The summed E-state index contributed by atoms with van der Waals surface area (Å²) in [5.41, 5.74) is 1.94. The summed E-state index contributed by atoms with van der Waals surface area (Å²) in [4.78, 5) is 2.42. The van der Waals surface area contributed by atoms with Crippen molar-refractivity contribution in [2.75, 3.05) is 24.5 Å². The zero-order chi connectivity index (χ0) is 12.3. The fourth-order valence-electron chi connectivity index (χ4n) is 2.32. The van der Waals surface area contributed by atoms with Gasteiger partial charge in [0.2, 0.25) is 0 Å². The Hall–Kier alpha value is -1.53. The number of nitriles is 1. The number of nitrogens with one attached hydrogen (secondary N) is 1. The smallest absolute Gasteiger partial charge is 0.0991 e. The first-order valence-electron chi connectivity index (χ1n) is 6.18. The average Bonchev–Trinajstić information content (AvgIpc) is 2.51. The highest BCUT2D eigenvalue weighted by Gasteiger charge is 2.20. The Morgan fingerprint density at radius 2 is 1.94 bits per heavy atom. The first-order chi connectivity index (χ1) is 8.20. The highest BCUT2D eigenvalue weighted by molar-refractivity contribution is 5.50. The predicted molar refractivity (Wildman–Crippen MR) is 70.0 cm³/mol. The molecule has 3 heteroatoms. The largest absolute Gasteiger partial charge is 0.367 e. The Balaban J connectivity index is 2.20. The van der Waals surface area contributed by atoms with E-state index in [1.807, 2.05) is 24.3 Å². The molecule has 0 spiro atoms. The van der Waals surface area contributed by atoms with Crippen molar-refractivity contribution in [2.45, 2.75) is 19.9 Å². The summed E-state index contributed by atoms with van der Waals surface area (Å²) in [5, 5.41) is 12.3. The maximum Gasteiger partial charge on any atom is 0.0991 e. The lowest BCUT2D eigenvalue weighted by atomic mass is 10.1. The molecule has 1 fully saturated rings. The minimum Gasteiger partial charge on any atom is -0.367 e. The molecule has 0 bridgehead atoms. The van der Waals surface area contributed by atoms with Gasteiger partial charge in [0.05, 0.1) is 11.6 Å². The van der Waals surface area contributed by atoms with Gasteiger partial charge in [-0.3, -0.25) is 0 Å². The second kappa shape index (κ2) is 5.20. The average molecular weight is 229 g/mol. The van der Waals surface area contributed by atoms with Crippen LogP contribution in [0, 0.1) is 17.2 Å². The number of anilines is 1. The van der Waals surface area contributed by atoms with Crippen LogP contribution in [0.25, 0.3) is 0 Å². The molecule has 2 atom stereocenters. The molecule has 17 heavy (non-hydrogen) atoms. The van der Waals surface area contributed by atoms with Gasteiger partial charge in [-0.05, 0) is 43.7 Å². The summed E-state index contributed by atoms with van der Waals surface area (Å²) in [6, 6.07) is 10.5. The van der Waals surface area contributed by atoms with Crippen molar-refractivity contribution in [1.82, 2.24) is 5.32 Å². The normalized spacial score (nSPS) is 25.1. The van der Waals surface area contributed by atoms with Gasteiger partial charge in [0.15, 0.2) is 0 Å². The minimum absolute atomic E-state index is 0.493. The lowest BCUT2D eigenvalue weighted by Gasteiger charge is -2.30. The van der Waals surface area contributed by atoms with Gasteiger partial charge in [0.25, 0.3) is 0 Å². The molecule has 0 aliphatic carbocycles. The van der Waals surface area contributed by atoms with Crippen molar-refractivity contribution in [2.24, 2.45) is 5.92 Å². The molecule has 0 saturated carbocycles. The van der Waals surface area contributed by atoms with Crippen LogP contribution in [-0.4, -0.2) is 25.7 Å². The molecule has 2 rings (SSSR count). The second-order valence-electron chi connectivity index (χ2n) is 4.92. The summed E-state index contributed by atoms with van der Waals surface area (Å²) in [6.45, 7) is 7.67. The summed E-state index contributed by atoms with van der Waals surface area (Å²) < 4.78 is 0. The van der Waals surface area contributed by atoms with Crippen LogP contribution in [-0.2, 0) is 0 Å². The van der Waals surface area contributed by atoms with E-state index < -0.39 is 0 Å². The number of rotatable bonds is 1. The third kappa shape index (κ3) is 2.78. The summed E-state index contributed by atoms with van der Waals surface area (Å²) in [5.74, 6) is 0.649. The molecule has 1 aromatic carbocycles.